The fourth-order valence-electron chi connectivity index (χ4n) is 1.87. The number of carbonyl (C=O) groups excluding carboxylic acids is 2. The van der Waals surface area contributed by atoms with Gasteiger partial charge in [0.25, 0.3) is 0 Å². The summed E-state index contributed by atoms with van der Waals surface area (Å²) in [6.45, 7) is 3.34. The third-order valence-electron chi connectivity index (χ3n) is 2.86. The maximum absolute atomic E-state index is 11.8. The minimum absolute atomic E-state index is 0.0648. The third-order valence-corrected chi connectivity index (χ3v) is 2.86. The molecule has 0 aliphatic carbocycles. The molecule has 6 heteroatoms. The number of nitrogens with one attached hydrogen (secondary N) is 2. The Labute approximate surface area is 125 Å². The molecule has 2 amide bonds. The molecule has 1 unspecified atom stereocenters. The van der Waals surface area contributed by atoms with Crippen molar-refractivity contribution in [3.05, 3.63) is 18.2 Å². The molecule has 21 heavy (non-hydrogen) atoms. The van der Waals surface area contributed by atoms with Crippen LogP contribution in [0.4, 0.5) is 11.4 Å². The van der Waals surface area contributed by atoms with Crippen molar-refractivity contribution in [3.63, 3.8) is 0 Å². The van der Waals surface area contributed by atoms with Gasteiger partial charge in [0.15, 0.2) is 0 Å². The van der Waals surface area contributed by atoms with E-state index < -0.39 is 0 Å². The Kier molecular flexibility index (Phi) is 6.68. The van der Waals surface area contributed by atoms with Crippen molar-refractivity contribution in [1.29, 1.82) is 0 Å². The molecule has 0 radical (unpaired) electrons. The summed E-state index contributed by atoms with van der Waals surface area (Å²) in [5.41, 5.74) is 6.84. The van der Waals surface area contributed by atoms with Crippen LogP contribution in [-0.2, 0) is 9.59 Å². The molecule has 0 aliphatic rings. The van der Waals surface area contributed by atoms with Crippen LogP contribution in [0.15, 0.2) is 18.2 Å². The van der Waals surface area contributed by atoms with E-state index in [2.05, 4.69) is 10.6 Å². The van der Waals surface area contributed by atoms with E-state index in [1.54, 1.807) is 18.2 Å². The standard InChI is InChI=1S/C15H23N3O3/c1-10(16)5-4-6-15(20)18-12-7-8-13(17-11(2)19)14(9-12)21-3/h7-10H,4-6,16H2,1-3H3,(H,17,19)(H,18,20). The quantitative estimate of drug-likeness (QED) is 0.717. The van der Waals surface area contributed by atoms with E-state index in [4.69, 9.17) is 10.5 Å². The molecule has 1 rings (SSSR count). The van der Waals surface area contributed by atoms with E-state index in [1.165, 1.54) is 14.0 Å². The zero-order chi connectivity index (χ0) is 15.8. The number of rotatable bonds is 7. The average molecular weight is 293 g/mol. The zero-order valence-corrected chi connectivity index (χ0v) is 12.7. The van der Waals surface area contributed by atoms with Crippen LogP contribution in [0.2, 0.25) is 0 Å². The second-order valence-electron chi connectivity index (χ2n) is 5.01. The first kappa shape index (κ1) is 17.0. The second kappa shape index (κ2) is 8.26. The second-order valence-corrected chi connectivity index (χ2v) is 5.01. The highest BCUT2D eigenvalue weighted by Gasteiger charge is 2.08. The van der Waals surface area contributed by atoms with E-state index in [0.717, 1.165) is 12.8 Å². The molecular formula is C15H23N3O3. The van der Waals surface area contributed by atoms with Crippen LogP contribution in [0, 0.1) is 0 Å². The first-order valence-corrected chi connectivity index (χ1v) is 6.93. The lowest BCUT2D eigenvalue weighted by atomic mass is 10.1. The molecule has 0 saturated carbocycles. The number of anilines is 2. The SMILES string of the molecule is COc1cc(NC(=O)CCCC(C)N)ccc1NC(C)=O. The zero-order valence-electron chi connectivity index (χ0n) is 12.7. The van der Waals surface area contributed by atoms with Crippen LogP contribution in [0.3, 0.4) is 0 Å². The van der Waals surface area contributed by atoms with Gasteiger partial charge in [0.05, 0.1) is 12.8 Å². The van der Waals surface area contributed by atoms with Crippen molar-refractivity contribution in [3.8, 4) is 5.75 Å². The molecule has 0 saturated heterocycles. The molecule has 1 aromatic carbocycles. The molecule has 1 atom stereocenters. The molecular weight excluding hydrogens is 270 g/mol. The number of amides is 2. The van der Waals surface area contributed by atoms with E-state index in [1.807, 2.05) is 6.92 Å². The topological polar surface area (TPSA) is 93.4 Å². The number of hydrogen-bond acceptors (Lipinski definition) is 4. The monoisotopic (exact) mass is 293 g/mol. The minimum atomic E-state index is -0.180. The lowest BCUT2D eigenvalue weighted by Gasteiger charge is -2.12. The van der Waals surface area contributed by atoms with Gasteiger partial charge in [-0.1, -0.05) is 0 Å². The van der Waals surface area contributed by atoms with Gasteiger partial charge in [-0.2, -0.15) is 0 Å². The van der Waals surface area contributed by atoms with Crippen LogP contribution in [0.5, 0.6) is 5.75 Å². The highest BCUT2D eigenvalue weighted by Crippen LogP contribution is 2.28. The van der Waals surface area contributed by atoms with Gasteiger partial charge in [-0.25, -0.2) is 0 Å². The summed E-state index contributed by atoms with van der Waals surface area (Å²) in [7, 11) is 1.51. The fourth-order valence-corrected chi connectivity index (χ4v) is 1.87. The smallest absolute Gasteiger partial charge is 0.224 e. The number of carbonyl (C=O) groups is 2. The van der Waals surface area contributed by atoms with Gasteiger partial charge in [0.2, 0.25) is 11.8 Å². The maximum Gasteiger partial charge on any atom is 0.224 e. The molecule has 0 bridgehead atoms. The Morgan fingerprint density at radius 3 is 2.62 bits per heavy atom. The molecule has 0 heterocycles. The number of benzene rings is 1. The molecule has 0 aromatic heterocycles. The third kappa shape index (κ3) is 6.27. The highest BCUT2D eigenvalue weighted by atomic mass is 16.5. The molecule has 116 valence electrons. The maximum atomic E-state index is 11.8. The van der Waals surface area contributed by atoms with Crippen molar-refractivity contribution in [2.45, 2.75) is 39.2 Å². The molecule has 6 nitrogen and oxygen atoms in total. The van der Waals surface area contributed by atoms with Gasteiger partial charge in [-0.15, -0.1) is 0 Å². The number of hydrogen-bond donors (Lipinski definition) is 3. The van der Waals surface area contributed by atoms with Crippen LogP contribution < -0.4 is 21.1 Å². The Bertz CT molecular complexity index is 501. The average Bonchev–Trinajstić information content (AvgIpc) is 2.39. The Hall–Kier alpha value is -2.08. The van der Waals surface area contributed by atoms with Crippen LogP contribution in [0.25, 0.3) is 0 Å². The normalized spacial score (nSPS) is 11.6. The number of nitrogens with two attached hydrogens (primary N) is 1. The summed E-state index contributed by atoms with van der Waals surface area (Å²) in [4.78, 5) is 22.9. The van der Waals surface area contributed by atoms with E-state index in [0.29, 0.717) is 23.5 Å². The summed E-state index contributed by atoms with van der Waals surface area (Å²) in [5.74, 6) is 0.254. The summed E-state index contributed by atoms with van der Waals surface area (Å²) in [6.07, 6.45) is 2.00. The van der Waals surface area contributed by atoms with Crippen molar-refractivity contribution in [2.24, 2.45) is 5.73 Å². The van der Waals surface area contributed by atoms with Crippen LogP contribution in [-0.4, -0.2) is 25.0 Å². The lowest BCUT2D eigenvalue weighted by Crippen LogP contribution is -2.17. The van der Waals surface area contributed by atoms with Gasteiger partial charge in [0, 0.05) is 31.1 Å². The predicted octanol–water partition coefficient (Wildman–Crippen LogP) is 2.11. The van der Waals surface area contributed by atoms with Gasteiger partial charge < -0.3 is 21.1 Å². The summed E-state index contributed by atoms with van der Waals surface area (Å²) < 4.78 is 5.20. The van der Waals surface area contributed by atoms with Crippen molar-refractivity contribution in [1.82, 2.24) is 0 Å². The van der Waals surface area contributed by atoms with E-state index >= 15 is 0 Å². The van der Waals surface area contributed by atoms with Gasteiger partial charge in [-0.05, 0) is 31.9 Å². The first-order chi connectivity index (χ1) is 9.92. The van der Waals surface area contributed by atoms with Crippen molar-refractivity contribution < 1.29 is 14.3 Å². The van der Waals surface area contributed by atoms with Crippen molar-refractivity contribution >= 4 is 23.2 Å². The fraction of sp³-hybridized carbons (Fsp3) is 0.467. The summed E-state index contributed by atoms with van der Waals surface area (Å²) >= 11 is 0. The van der Waals surface area contributed by atoms with Crippen molar-refractivity contribution in [2.75, 3.05) is 17.7 Å². The lowest BCUT2D eigenvalue weighted by molar-refractivity contribution is -0.116. The molecule has 0 fully saturated rings. The highest BCUT2D eigenvalue weighted by molar-refractivity contribution is 5.93. The summed E-state index contributed by atoms with van der Waals surface area (Å²) in [5, 5.41) is 5.46. The van der Waals surface area contributed by atoms with Gasteiger partial charge in [-0.3, -0.25) is 9.59 Å². The molecule has 4 N–H and O–H groups in total. The van der Waals surface area contributed by atoms with Gasteiger partial charge >= 0.3 is 0 Å². The number of ether oxygens (including phenoxy) is 1. The largest absolute Gasteiger partial charge is 0.494 e. The summed E-state index contributed by atoms with van der Waals surface area (Å²) in [6, 6.07) is 5.19. The molecule has 0 spiro atoms. The van der Waals surface area contributed by atoms with E-state index in [9.17, 15) is 9.59 Å². The van der Waals surface area contributed by atoms with Crippen LogP contribution in [0.1, 0.15) is 33.1 Å². The Balaban J connectivity index is 2.63. The number of methoxy groups -OCH3 is 1. The molecule has 1 aromatic rings. The minimum Gasteiger partial charge on any atom is -0.494 e. The Morgan fingerprint density at radius 1 is 1.33 bits per heavy atom. The Morgan fingerprint density at radius 2 is 2.05 bits per heavy atom. The van der Waals surface area contributed by atoms with Gasteiger partial charge in [0.1, 0.15) is 5.75 Å². The first-order valence-electron chi connectivity index (χ1n) is 6.93. The predicted molar refractivity (Wildman–Crippen MR) is 83.4 cm³/mol. The molecule has 0 aliphatic heterocycles. The van der Waals surface area contributed by atoms with Crippen LogP contribution >= 0.6 is 0 Å². The van der Waals surface area contributed by atoms with E-state index in [-0.39, 0.29) is 17.9 Å².